The Kier molecular flexibility index (Phi) is 5.29. The zero-order chi connectivity index (χ0) is 11.3. The zero-order valence-corrected chi connectivity index (χ0v) is 10.8. The van der Waals surface area contributed by atoms with Gasteiger partial charge in [0, 0.05) is 17.1 Å². The summed E-state index contributed by atoms with van der Waals surface area (Å²) < 4.78 is 1.15. The fraction of sp³-hybridized carbons (Fsp3) is 0.500. The fourth-order valence-electron chi connectivity index (χ4n) is 1.67. The molecule has 0 saturated heterocycles. The van der Waals surface area contributed by atoms with Crippen LogP contribution in [0.1, 0.15) is 30.5 Å². The van der Waals surface area contributed by atoms with Gasteiger partial charge in [-0.15, -0.1) is 0 Å². The lowest BCUT2D eigenvalue weighted by Gasteiger charge is -2.16. The van der Waals surface area contributed by atoms with E-state index in [9.17, 15) is 0 Å². The second-order valence-electron chi connectivity index (χ2n) is 3.56. The molecule has 1 unspecified atom stereocenters. The molecule has 0 aliphatic carbocycles. The van der Waals surface area contributed by atoms with Crippen molar-refractivity contribution >= 4 is 15.9 Å². The van der Waals surface area contributed by atoms with E-state index >= 15 is 0 Å². The van der Waals surface area contributed by atoms with E-state index in [-0.39, 0.29) is 12.6 Å². The van der Waals surface area contributed by atoms with Gasteiger partial charge in [0.1, 0.15) is 0 Å². The van der Waals surface area contributed by atoms with Crippen molar-refractivity contribution in [3.8, 4) is 0 Å². The smallest absolute Gasteiger partial charge is 0.0449 e. The predicted molar refractivity (Wildman–Crippen MR) is 67.0 cm³/mol. The van der Waals surface area contributed by atoms with Crippen LogP contribution in [-0.4, -0.2) is 18.8 Å². The highest BCUT2D eigenvalue weighted by molar-refractivity contribution is 9.10. The maximum absolute atomic E-state index is 8.95. The lowest BCUT2D eigenvalue weighted by atomic mass is 10.0. The summed E-state index contributed by atoms with van der Waals surface area (Å²) in [7, 11) is 1.92. The van der Waals surface area contributed by atoms with Crippen molar-refractivity contribution < 1.29 is 5.11 Å². The number of aryl methyl sites for hydroxylation is 1. The molecule has 15 heavy (non-hydrogen) atoms. The van der Waals surface area contributed by atoms with E-state index < -0.39 is 0 Å². The number of hydrogen-bond acceptors (Lipinski definition) is 2. The van der Waals surface area contributed by atoms with E-state index in [1.165, 1.54) is 11.1 Å². The predicted octanol–water partition coefficient (Wildman–Crippen LogP) is 2.65. The largest absolute Gasteiger partial charge is 0.396 e. The van der Waals surface area contributed by atoms with Crippen molar-refractivity contribution in [3.05, 3.63) is 33.8 Å². The Morgan fingerprint density at radius 2 is 2.20 bits per heavy atom. The summed E-state index contributed by atoms with van der Waals surface area (Å²) in [5.74, 6) is 0. The minimum Gasteiger partial charge on any atom is -0.396 e. The molecule has 0 saturated carbocycles. The van der Waals surface area contributed by atoms with Gasteiger partial charge < -0.3 is 10.4 Å². The second kappa shape index (κ2) is 6.26. The van der Waals surface area contributed by atoms with Crippen molar-refractivity contribution in [1.29, 1.82) is 0 Å². The molecule has 3 heteroatoms. The first kappa shape index (κ1) is 12.7. The number of aliphatic hydroxyl groups excluding tert-OH is 1. The van der Waals surface area contributed by atoms with Gasteiger partial charge in [0.15, 0.2) is 0 Å². The highest BCUT2D eigenvalue weighted by Crippen LogP contribution is 2.24. The van der Waals surface area contributed by atoms with Crippen molar-refractivity contribution in [2.24, 2.45) is 0 Å². The van der Waals surface area contributed by atoms with E-state index in [1.54, 1.807) is 0 Å². The van der Waals surface area contributed by atoms with Gasteiger partial charge in [0.2, 0.25) is 0 Å². The Morgan fingerprint density at radius 3 is 2.67 bits per heavy atom. The van der Waals surface area contributed by atoms with Crippen LogP contribution in [0.4, 0.5) is 0 Å². The van der Waals surface area contributed by atoms with Crippen LogP contribution >= 0.6 is 15.9 Å². The molecule has 2 nitrogen and oxygen atoms in total. The second-order valence-corrected chi connectivity index (χ2v) is 4.41. The van der Waals surface area contributed by atoms with Gasteiger partial charge in [-0.25, -0.2) is 0 Å². The Morgan fingerprint density at radius 1 is 1.47 bits per heavy atom. The molecule has 84 valence electrons. The average Bonchev–Trinajstić information content (AvgIpc) is 2.25. The van der Waals surface area contributed by atoms with Crippen LogP contribution in [0.2, 0.25) is 0 Å². The summed E-state index contributed by atoms with van der Waals surface area (Å²) in [6, 6.07) is 6.63. The third-order valence-electron chi connectivity index (χ3n) is 2.63. The maximum Gasteiger partial charge on any atom is 0.0449 e. The number of hydrogen-bond donors (Lipinski definition) is 2. The number of benzene rings is 1. The molecule has 0 heterocycles. The van der Waals surface area contributed by atoms with Crippen LogP contribution < -0.4 is 5.32 Å². The molecule has 0 aliphatic rings. The molecule has 2 N–H and O–H groups in total. The molecule has 1 rings (SSSR count). The Balaban J connectivity index is 2.89. The molecule has 0 bridgehead atoms. The topological polar surface area (TPSA) is 32.3 Å². The van der Waals surface area contributed by atoms with Crippen LogP contribution in [0.15, 0.2) is 22.7 Å². The zero-order valence-electron chi connectivity index (χ0n) is 9.26. The standard InChI is InChI=1S/C12H18BrNO/c1-3-9-4-5-10(8-11(9)13)12(14-2)6-7-15/h4-5,8,12,14-15H,3,6-7H2,1-2H3. The van der Waals surface area contributed by atoms with Gasteiger partial charge in [-0.3, -0.25) is 0 Å². The van der Waals surface area contributed by atoms with Crippen LogP contribution in [-0.2, 0) is 6.42 Å². The Hall–Kier alpha value is -0.380. The maximum atomic E-state index is 8.95. The monoisotopic (exact) mass is 271 g/mol. The molecule has 0 aliphatic heterocycles. The van der Waals surface area contributed by atoms with E-state index in [0.717, 1.165) is 17.3 Å². The molecule has 1 aromatic rings. The van der Waals surface area contributed by atoms with Crippen molar-refractivity contribution in [3.63, 3.8) is 0 Å². The van der Waals surface area contributed by atoms with E-state index in [4.69, 9.17) is 5.11 Å². The van der Waals surface area contributed by atoms with E-state index in [1.807, 2.05) is 7.05 Å². The lowest BCUT2D eigenvalue weighted by molar-refractivity contribution is 0.269. The molecule has 0 aromatic heterocycles. The van der Waals surface area contributed by atoms with Crippen LogP contribution in [0, 0.1) is 0 Å². The molecule has 0 amide bonds. The third kappa shape index (κ3) is 3.30. The fourth-order valence-corrected chi connectivity index (χ4v) is 2.35. The molecule has 0 spiro atoms. The van der Waals surface area contributed by atoms with Gasteiger partial charge >= 0.3 is 0 Å². The van der Waals surface area contributed by atoms with Gasteiger partial charge in [-0.2, -0.15) is 0 Å². The average molecular weight is 272 g/mol. The van der Waals surface area contributed by atoms with Crippen molar-refractivity contribution in [2.75, 3.05) is 13.7 Å². The number of halogens is 1. The molecule has 0 radical (unpaired) electrons. The Labute approximate surface area is 99.8 Å². The number of aliphatic hydroxyl groups is 1. The summed E-state index contributed by atoms with van der Waals surface area (Å²) in [5.41, 5.74) is 2.54. The first-order valence-corrected chi connectivity index (χ1v) is 6.08. The third-order valence-corrected chi connectivity index (χ3v) is 3.36. The highest BCUT2D eigenvalue weighted by atomic mass is 79.9. The lowest BCUT2D eigenvalue weighted by Crippen LogP contribution is -2.17. The first-order valence-electron chi connectivity index (χ1n) is 5.29. The summed E-state index contributed by atoms with van der Waals surface area (Å²) in [5, 5.41) is 12.2. The normalized spacial score (nSPS) is 12.8. The molecule has 1 atom stereocenters. The first-order chi connectivity index (χ1) is 7.22. The summed E-state index contributed by atoms with van der Waals surface area (Å²) in [6.07, 6.45) is 1.78. The van der Waals surface area contributed by atoms with E-state index in [2.05, 4.69) is 46.4 Å². The highest BCUT2D eigenvalue weighted by Gasteiger charge is 2.09. The molecular formula is C12H18BrNO. The van der Waals surface area contributed by atoms with Gasteiger partial charge in [0.05, 0.1) is 0 Å². The van der Waals surface area contributed by atoms with Crippen molar-refractivity contribution in [1.82, 2.24) is 5.32 Å². The van der Waals surface area contributed by atoms with Gasteiger partial charge in [-0.1, -0.05) is 35.0 Å². The quantitative estimate of drug-likeness (QED) is 0.863. The summed E-state index contributed by atoms with van der Waals surface area (Å²) in [4.78, 5) is 0. The number of nitrogens with one attached hydrogen (secondary N) is 1. The minimum atomic E-state index is 0.207. The van der Waals surface area contributed by atoms with E-state index in [0.29, 0.717) is 0 Å². The van der Waals surface area contributed by atoms with Crippen LogP contribution in [0.5, 0.6) is 0 Å². The summed E-state index contributed by atoms with van der Waals surface area (Å²) >= 11 is 3.57. The van der Waals surface area contributed by atoms with Crippen LogP contribution in [0.25, 0.3) is 0 Å². The van der Waals surface area contributed by atoms with Crippen LogP contribution in [0.3, 0.4) is 0 Å². The Bertz CT molecular complexity index is 314. The SMILES string of the molecule is CCc1ccc(C(CCO)NC)cc1Br. The van der Waals surface area contributed by atoms with Gasteiger partial charge in [-0.05, 0) is 37.1 Å². The van der Waals surface area contributed by atoms with Crippen molar-refractivity contribution in [2.45, 2.75) is 25.8 Å². The molecular weight excluding hydrogens is 254 g/mol. The summed E-state index contributed by atoms with van der Waals surface area (Å²) in [6.45, 7) is 2.35. The minimum absolute atomic E-state index is 0.207. The van der Waals surface area contributed by atoms with Gasteiger partial charge in [0.25, 0.3) is 0 Å². The molecule has 0 fully saturated rings. The number of rotatable bonds is 5. The molecule has 1 aromatic carbocycles.